The first kappa shape index (κ1) is 15.3. The molecule has 1 N–H and O–H groups in total. The molecule has 120 valence electrons. The van der Waals surface area contributed by atoms with Gasteiger partial charge in [-0.05, 0) is 51.5 Å². The molecule has 0 radical (unpaired) electrons. The maximum absolute atomic E-state index is 12.9. The van der Waals surface area contributed by atoms with Crippen LogP contribution < -0.4 is 0 Å². The molecule has 1 atom stereocenters. The van der Waals surface area contributed by atoms with Crippen molar-refractivity contribution < 1.29 is 9.90 Å². The molecule has 1 unspecified atom stereocenters. The van der Waals surface area contributed by atoms with Crippen LogP contribution in [0.5, 0.6) is 0 Å². The second-order valence-electron chi connectivity index (χ2n) is 7.10. The SMILES string of the molecule is O=C(CN1CCCCC1CCO)N(C1CCCC1)C1CC1. The standard InChI is InChI=1S/C17H30N2O2/c20-12-10-14-5-3-4-11-18(14)13-17(21)19(16-8-9-16)15-6-1-2-7-15/h14-16,20H,1-13H2. The Morgan fingerprint density at radius 1 is 1.00 bits per heavy atom. The van der Waals surface area contributed by atoms with Crippen molar-refractivity contribution in [2.75, 3.05) is 19.7 Å². The summed E-state index contributed by atoms with van der Waals surface area (Å²) in [5, 5.41) is 9.23. The molecule has 3 aliphatic rings. The van der Waals surface area contributed by atoms with Gasteiger partial charge < -0.3 is 10.0 Å². The van der Waals surface area contributed by atoms with Crippen LogP contribution >= 0.6 is 0 Å². The molecule has 2 aliphatic carbocycles. The molecule has 2 saturated carbocycles. The maximum Gasteiger partial charge on any atom is 0.237 e. The van der Waals surface area contributed by atoms with Crippen LogP contribution in [0.25, 0.3) is 0 Å². The number of aliphatic hydroxyl groups excluding tert-OH is 1. The van der Waals surface area contributed by atoms with E-state index >= 15 is 0 Å². The van der Waals surface area contributed by atoms with Crippen molar-refractivity contribution in [3.63, 3.8) is 0 Å². The number of piperidine rings is 1. The van der Waals surface area contributed by atoms with E-state index < -0.39 is 0 Å². The van der Waals surface area contributed by atoms with Gasteiger partial charge in [0.1, 0.15) is 0 Å². The fourth-order valence-corrected chi connectivity index (χ4v) is 4.24. The van der Waals surface area contributed by atoms with Crippen molar-refractivity contribution in [2.45, 2.75) is 82.3 Å². The summed E-state index contributed by atoms with van der Waals surface area (Å²) in [6.07, 6.45) is 11.8. The Morgan fingerprint density at radius 2 is 1.67 bits per heavy atom. The lowest BCUT2D eigenvalue weighted by molar-refractivity contribution is -0.136. The zero-order chi connectivity index (χ0) is 14.7. The summed E-state index contributed by atoms with van der Waals surface area (Å²) in [5.74, 6) is 0.356. The van der Waals surface area contributed by atoms with Gasteiger partial charge in [0.05, 0.1) is 6.54 Å². The number of nitrogens with zero attached hydrogens (tertiary/aromatic N) is 2. The third kappa shape index (κ3) is 3.78. The van der Waals surface area contributed by atoms with Crippen molar-refractivity contribution in [2.24, 2.45) is 0 Å². The van der Waals surface area contributed by atoms with E-state index in [4.69, 9.17) is 0 Å². The Bertz CT molecular complexity index is 349. The van der Waals surface area contributed by atoms with E-state index in [2.05, 4.69) is 9.80 Å². The molecule has 4 heteroatoms. The highest BCUT2D eigenvalue weighted by Gasteiger charge is 2.39. The Hall–Kier alpha value is -0.610. The summed E-state index contributed by atoms with van der Waals surface area (Å²) < 4.78 is 0. The number of rotatable bonds is 6. The molecule has 1 amide bonds. The maximum atomic E-state index is 12.9. The molecule has 1 saturated heterocycles. The highest BCUT2D eigenvalue weighted by atomic mass is 16.3. The molecular formula is C17H30N2O2. The van der Waals surface area contributed by atoms with Crippen molar-refractivity contribution in [3.05, 3.63) is 0 Å². The van der Waals surface area contributed by atoms with Crippen molar-refractivity contribution in [3.8, 4) is 0 Å². The van der Waals surface area contributed by atoms with Crippen LogP contribution in [0.2, 0.25) is 0 Å². The van der Waals surface area contributed by atoms with E-state index in [0.29, 0.717) is 30.6 Å². The normalized spacial score (nSPS) is 28.0. The van der Waals surface area contributed by atoms with Gasteiger partial charge in [-0.15, -0.1) is 0 Å². The molecule has 21 heavy (non-hydrogen) atoms. The number of likely N-dealkylation sites (tertiary alicyclic amines) is 1. The van der Waals surface area contributed by atoms with Gasteiger partial charge in [0.25, 0.3) is 0 Å². The molecule has 0 aromatic carbocycles. The van der Waals surface area contributed by atoms with Crippen LogP contribution in [-0.2, 0) is 4.79 Å². The van der Waals surface area contributed by atoms with Gasteiger partial charge in [-0.3, -0.25) is 9.69 Å². The van der Waals surface area contributed by atoms with Gasteiger partial charge in [0.15, 0.2) is 0 Å². The van der Waals surface area contributed by atoms with E-state index in [1.165, 1.54) is 51.4 Å². The topological polar surface area (TPSA) is 43.8 Å². The summed E-state index contributed by atoms with van der Waals surface area (Å²) >= 11 is 0. The van der Waals surface area contributed by atoms with E-state index in [0.717, 1.165) is 19.4 Å². The Labute approximate surface area is 128 Å². The fraction of sp³-hybridized carbons (Fsp3) is 0.941. The lowest BCUT2D eigenvalue weighted by Gasteiger charge is -2.37. The number of carbonyl (C=O) groups is 1. The van der Waals surface area contributed by atoms with Crippen LogP contribution in [0.4, 0.5) is 0 Å². The van der Waals surface area contributed by atoms with E-state index in [1.54, 1.807) is 0 Å². The smallest absolute Gasteiger partial charge is 0.237 e. The molecular weight excluding hydrogens is 264 g/mol. The molecule has 0 bridgehead atoms. The zero-order valence-corrected chi connectivity index (χ0v) is 13.2. The monoisotopic (exact) mass is 294 g/mol. The Kier molecular flexibility index (Phi) is 5.17. The van der Waals surface area contributed by atoms with Crippen LogP contribution in [0.3, 0.4) is 0 Å². The second-order valence-corrected chi connectivity index (χ2v) is 7.10. The molecule has 0 aromatic rings. The van der Waals surface area contributed by atoms with E-state index in [-0.39, 0.29) is 6.61 Å². The van der Waals surface area contributed by atoms with Crippen molar-refractivity contribution in [1.82, 2.24) is 9.80 Å². The Balaban J connectivity index is 1.59. The lowest BCUT2D eigenvalue weighted by atomic mass is 9.99. The molecule has 4 nitrogen and oxygen atoms in total. The first-order valence-electron chi connectivity index (χ1n) is 8.95. The lowest BCUT2D eigenvalue weighted by Crippen LogP contribution is -2.50. The highest BCUT2D eigenvalue weighted by Crippen LogP contribution is 2.34. The number of carbonyl (C=O) groups excluding carboxylic acids is 1. The molecule has 3 rings (SSSR count). The second kappa shape index (κ2) is 7.10. The average molecular weight is 294 g/mol. The van der Waals surface area contributed by atoms with Gasteiger partial charge in [0.2, 0.25) is 5.91 Å². The average Bonchev–Trinajstić information content (AvgIpc) is 3.16. The first-order valence-corrected chi connectivity index (χ1v) is 8.95. The van der Waals surface area contributed by atoms with Crippen LogP contribution in [0.1, 0.15) is 64.2 Å². The van der Waals surface area contributed by atoms with Gasteiger partial charge in [-0.25, -0.2) is 0 Å². The summed E-state index contributed by atoms with van der Waals surface area (Å²) in [7, 11) is 0. The van der Waals surface area contributed by atoms with Gasteiger partial charge in [-0.1, -0.05) is 19.3 Å². The van der Waals surface area contributed by atoms with Crippen molar-refractivity contribution in [1.29, 1.82) is 0 Å². The Morgan fingerprint density at radius 3 is 2.33 bits per heavy atom. The summed E-state index contributed by atoms with van der Waals surface area (Å²) in [4.78, 5) is 17.4. The fourth-order valence-electron chi connectivity index (χ4n) is 4.24. The summed E-state index contributed by atoms with van der Waals surface area (Å²) in [6.45, 7) is 1.85. The van der Waals surface area contributed by atoms with Crippen LogP contribution in [0.15, 0.2) is 0 Å². The van der Waals surface area contributed by atoms with E-state index in [9.17, 15) is 9.90 Å². The first-order chi connectivity index (χ1) is 10.3. The number of hydrogen-bond acceptors (Lipinski definition) is 3. The highest BCUT2D eigenvalue weighted by molar-refractivity contribution is 5.79. The predicted octanol–water partition coefficient (Wildman–Crippen LogP) is 2.16. The number of amides is 1. The quantitative estimate of drug-likeness (QED) is 0.816. The molecule has 1 heterocycles. The third-order valence-electron chi connectivity index (χ3n) is 5.50. The predicted molar refractivity (Wildman–Crippen MR) is 83.0 cm³/mol. The van der Waals surface area contributed by atoms with Crippen LogP contribution in [0, 0.1) is 0 Å². The van der Waals surface area contributed by atoms with Gasteiger partial charge in [-0.2, -0.15) is 0 Å². The van der Waals surface area contributed by atoms with Crippen LogP contribution in [-0.4, -0.2) is 58.6 Å². The largest absolute Gasteiger partial charge is 0.396 e. The summed E-state index contributed by atoms with van der Waals surface area (Å²) in [5.41, 5.74) is 0. The van der Waals surface area contributed by atoms with Gasteiger partial charge >= 0.3 is 0 Å². The molecule has 0 aromatic heterocycles. The zero-order valence-electron chi connectivity index (χ0n) is 13.2. The molecule has 0 spiro atoms. The number of aliphatic hydroxyl groups is 1. The van der Waals surface area contributed by atoms with Gasteiger partial charge in [0, 0.05) is 24.7 Å². The van der Waals surface area contributed by atoms with Crippen molar-refractivity contribution >= 4 is 5.91 Å². The minimum Gasteiger partial charge on any atom is -0.396 e. The van der Waals surface area contributed by atoms with E-state index in [1.807, 2.05) is 0 Å². The summed E-state index contributed by atoms with van der Waals surface area (Å²) in [6, 6.07) is 1.48. The minimum atomic E-state index is 0.240. The number of hydrogen-bond donors (Lipinski definition) is 1. The third-order valence-corrected chi connectivity index (χ3v) is 5.50. The minimum absolute atomic E-state index is 0.240. The molecule has 3 fully saturated rings. The molecule has 1 aliphatic heterocycles.